The fourth-order valence-corrected chi connectivity index (χ4v) is 1.95. The quantitative estimate of drug-likeness (QED) is 0.395. The van der Waals surface area contributed by atoms with Crippen LogP contribution in [0.5, 0.6) is 0 Å². The third-order valence-electron chi connectivity index (χ3n) is 2.31. The molecule has 2 aliphatic rings. The number of carbonyl (C=O) groups is 1. The van der Waals surface area contributed by atoms with Crippen molar-refractivity contribution in [2.24, 2.45) is 5.92 Å². The maximum Gasteiger partial charge on any atom is 0.309 e. The molecule has 3 heteroatoms. The van der Waals surface area contributed by atoms with Crippen LogP contribution >= 0.6 is 11.6 Å². The van der Waals surface area contributed by atoms with Crippen molar-refractivity contribution >= 4 is 17.6 Å². The number of fused-ring (bicyclic) bond motifs is 2. The molecule has 1 aliphatic carbocycles. The van der Waals surface area contributed by atoms with Crippen LogP contribution in [0.4, 0.5) is 0 Å². The molecule has 3 atom stereocenters. The van der Waals surface area contributed by atoms with Crippen LogP contribution in [-0.2, 0) is 9.53 Å². The molecular formula is C7H9ClO2. The van der Waals surface area contributed by atoms with Crippen molar-refractivity contribution < 1.29 is 9.53 Å². The highest BCUT2D eigenvalue weighted by atomic mass is 35.5. The van der Waals surface area contributed by atoms with E-state index in [-0.39, 0.29) is 23.4 Å². The molecule has 0 radical (unpaired) electrons. The molecule has 1 saturated heterocycles. The second kappa shape index (κ2) is 2.12. The van der Waals surface area contributed by atoms with Gasteiger partial charge in [0.05, 0.1) is 11.3 Å². The van der Waals surface area contributed by atoms with E-state index in [9.17, 15) is 4.79 Å². The first-order valence-electron chi connectivity index (χ1n) is 3.62. The van der Waals surface area contributed by atoms with Crippen LogP contribution < -0.4 is 0 Å². The summed E-state index contributed by atoms with van der Waals surface area (Å²) >= 11 is 5.90. The summed E-state index contributed by atoms with van der Waals surface area (Å²) in [7, 11) is 0. The van der Waals surface area contributed by atoms with Gasteiger partial charge in [-0.05, 0) is 19.3 Å². The minimum atomic E-state index is -0.0341. The molecule has 1 aliphatic heterocycles. The highest BCUT2D eigenvalue weighted by molar-refractivity contribution is 6.21. The van der Waals surface area contributed by atoms with Crippen LogP contribution in [0, 0.1) is 5.92 Å². The summed E-state index contributed by atoms with van der Waals surface area (Å²) in [5.41, 5.74) is 0. The third-order valence-corrected chi connectivity index (χ3v) is 2.81. The Morgan fingerprint density at radius 1 is 1.50 bits per heavy atom. The van der Waals surface area contributed by atoms with Crippen LogP contribution in [0.1, 0.15) is 19.3 Å². The molecule has 1 heterocycles. The van der Waals surface area contributed by atoms with E-state index in [1.807, 2.05) is 0 Å². The van der Waals surface area contributed by atoms with Crippen molar-refractivity contribution in [3.63, 3.8) is 0 Å². The SMILES string of the molecule is O=C1OC2CC1CCC2Cl. The summed E-state index contributed by atoms with van der Waals surface area (Å²) in [6.07, 6.45) is 2.73. The monoisotopic (exact) mass is 160 g/mol. The number of hydrogen-bond donors (Lipinski definition) is 0. The van der Waals surface area contributed by atoms with E-state index >= 15 is 0 Å². The lowest BCUT2D eigenvalue weighted by Gasteiger charge is -2.19. The van der Waals surface area contributed by atoms with Crippen molar-refractivity contribution in [1.82, 2.24) is 0 Å². The van der Waals surface area contributed by atoms with Gasteiger partial charge in [0.25, 0.3) is 0 Å². The van der Waals surface area contributed by atoms with Crippen molar-refractivity contribution in [1.29, 1.82) is 0 Å². The highest BCUT2D eigenvalue weighted by Crippen LogP contribution is 2.36. The zero-order valence-electron chi connectivity index (χ0n) is 5.55. The minimum Gasteiger partial charge on any atom is -0.461 e. The van der Waals surface area contributed by atoms with Gasteiger partial charge in [-0.2, -0.15) is 0 Å². The molecule has 2 nitrogen and oxygen atoms in total. The lowest BCUT2D eigenvalue weighted by Crippen LogP contribution is -2.23. The standard InChI is InChI=1S/C7H9ClO2/c8-5-2-1-4-3-6(5)10-7(4)9/h4-6H,1-3H2. The summed E-state index contributed by atoms with van der Waals surface area (Å²) in [4.78, 5) is 10.9. The van der Waals surface area contributed by atoms with Crippen molar-refractivity contribution in [3.05, 3.63) is 0 Å². The summed E-state index contributed by atoms with van der Waals surface area (Å²) < 4.78 is 5.03. The molecule has 0 amide bonds. The Hall–Kier alpha value is -0.240. The van der Waals surface area contributed by atoms with Crippen LogP contribution in [-0.4, -0.2) is 17.5 Å². The summed E-state index contributed by atoms with van der Waals surface area (Å²) in [6, 6.07) is 0. The normalized spacial score (nSPS) is 45.3. The largest absolute Gasteiger partial charge is 0.461 e. The Morgan fingerprint density at radius 3 is 3.00 bits per heavy atom. The van der Waals surface area contributed by atoms with Crippen molar-refractivity contribution in [2.75, 3.05) is 0 Å². The molecule has 0 aromatic carbocycles. The predicted molar refractivity (Wildman–Crippen MR) is 36.9 cm³/mol. The molecule has 3 unspecified atom stereocenters. The van der Waals surface area contributed by atoms with Gasteiger partial charge in [-0.3, -0.25) is 4.79 Å². The Labute approximate surface area is 64.5 Å². The summed E-state index contributed by atoms with van der Waals surface area (Å²) in [5, 5.41) is 0.0719. The van der Waals surface area contributed by atoms with Crippen molar-refractivity contribution in [3.8, 4) is 0 Å². The van der Waals surface area contributed by atoms with Crippen LogP contribution in [0.15, 0.2) is 0 Å². The van der Waals surface area contributed by atoms with Crippen LogP contribution in [0.2, 0.25) is 0 Å². The highest BCUT2D eigenvalue weighted by Gasteiger charge is 2.42. The Morgan fingerprint density at radius 2 is 2.30 bits per heavy atom. The van der Waals surface area contributed by atoms with Gasteiger partial charge in [-0.25, -0.2) is 0 Å². The molecule has 0 N–H and O–H groups in total. The zero-order valence-corrected chi connectivity index (χ0v) is 6.30. The van der Waals surface area contributed by atoms with E-state index in [0.717, 1.165) is 19.3 Å². The second-order valence-electron chi connectivity index (χ2n) is 3.00. The summed E-state index contributed by atoms with van der Waals surface area (Å²) in [5.74, 6) is 0.133. The first kappa shape index (κ1) is 6.47. The molecule has 1 saturated carbocycles. The van der Waals surface area contributed by atoms with Gasteiger partial charge in [0.15, 0.2) is 0 Å². The van der Waals surface area contributed by atoms with Gasteiger partial charge in [0.1, 0.15) is 6.10 Å². The average molecular weight is 161 g/mol. The number of alkyl halides is 1. The smallest absolute Gasteiger partial charge is 0.309 e. The molecule has 2 rings (SSSR count). The van der Waals surface area contributed by atoms with Gasteiger partial charge in [0, 0.05) is 0 Å². The first-order chi connectivity index (χ1) is 4.77. The van der Waals surface area contributed by atoms with Gasteiger partial charge < -0.3 is 4.74 Å². The number of hydrogen-bond acceptors (Lipinski definition) is 2. The van der Waals surface area contributed by atoms with Crippen LogP contribution in [0.25, 0.3) is 0 Å². The topological polar surface area (TPSA) is 26.3 Å². The minimum absolute atomic E-state index is 0.0212. The fourth-order valence-electron chi connectivity index (χ4n) is 1.67. The van der Waals surface area contributed by atoms with E-state index in [2.05, 4.69) is 0 Å². The fraction of sp³-hybridized carbons (Fsp3) is 0.857. The number of carbonyl (C=O) groups excluding carboxylic acids is 1. The zero-order chi connectivity index (χ0) is 7.14. The number of rotatable bonds is 0. The summed E-state index contributed by atoms with van der Waals surface area (Å²) in [6.45, 7) is 0. The molecule has 0 spiro atoms. The number of esters is 1. The maximum absolute atomic E-state index is 10.9. The van der Waals surface area contributed by atoms with E-state index in [0.29, 0.717) is 0 Å². The average Bonchev–Trinajstić information content (AvgIpc) is 2.21. The number of ether oxygens (including phenoxy) is 1. The molecule has 0 aromatic rings. The lowest BCUT2D eigenvalue weighted by molar-refractivity contribution is -0.143. The maximum atomic E-state index is 10.9. The molecule has 0 aromatic heterocycles. The molecule has 10 heavy (non-hydrogen) atoms. The molecule has 2 bridgehead atoms. The van der Waals surface area contributed by atoms with Gasteiger partial charge in [0.2, 0.25) is 0 Å². The second-order valence-corrected chi connectivity index (χ2v) is 3.56. The van der Waals surface area contributed by atoms with Crippen molar-refractivity contribution in [2.45, 2.75) is 30.7 Å². The van der Waals surface area contributed by atoms with E-state index in [1.54, 1.807) is 0 Å². The van der Waals surface area contributed by atoms with E-state index in [1.165, 1.54) is 0 Å². The van der Waals surface area contributed by atoms with Gasteiger partial charge in [-0.15, -0.1) is 11.6 Å². The molecule has 2 fully saturated rings. The Bertz CT molecular complexity index is 169. The van der Waals surface area contributed by atoms with Crippen LogP contribution in [0.3, 0.4) is 0 Å². The predicted octanol–water partition coefficient (Wildman–Crippen LogP) is 1.32. The van der Waals surface area contributed by atoms with Gasteiger partial charge >= 0.3 is 5.97 Å². The van der Waals surface area contributed by atoms with E-state index in [4.69, 9.17) is 16.3 Å². The number of halogens is 1. The third kappa shape index (κ3) is 0.823. The Balaban J connectivity index is 2.15. The molecular weight excluding hydrogens is 152 g/mol. The lowest BCUT2D eigenvalue weighted by atomic mass is 9.90. The molecule has 56 valence electrons. The first-order valence-corrected chi connectivity index (χ1v) is 4.05. The Kier molecular flexibility index (Phi) is 1.37. The van der Waals surface area contributed by atoms with E-state index < -0.39 is 0 Å². The van der Waals surface area contributed by atoms with Gasteiger partial charge in [-0.1, -0.05) is 0 Å².